The van der Waals surface area contributed by atoms with Crippen molar-refractivity contribution in [3.05, 3.63) is 30.5 Å². The number of morpholine rings is 1. The Morgan fingerprint density at radius 1 is 1.32 bits per heavy atom. The van der Waals surface area contributed by atoms with E-state index in [-0.39, 0.29) is 6.03 Å². The first-order valence-corrected chi connectivity index (χ1v) is 8.55. The van der Waals surface area contributed by atoms with Gasteiger partial charge >= 0.3 is 6.03 Å². The molecule has 0 unspecified atom stereocenters. The number of ether oxygens (including phenoxy) is 2. The summed E-state index contributed by atoms with van der Waals surface area (Å²) in [5.74, 6) is 0.696. The predicted molar refractivity (Wildman–Crippen MR) is 95.1 cm³/mol. The summed E-state index contributed by atoms with van der Waals surface area (Å²) in [5, 5.41) is 3.90. The van der Waals surface area contributed by atoms with Gasteiger partial charge in [-0.3, -0.25) is 9.88 Å². The summed E-state index contributed by atoms with van der Waals surface area (Å²) in [4.78, 5) is 21.4. The Morgan fingerprint density at radius 3 is 3.12 bits per heavy atom. The second-order valence-electron chi connectivity index (χ2n) is 6.36. The Morgan fingerprint density at radius 2 is 2.24 bits per heavy atom. The SMILES string of the molecule is COc1ccc(NC(=O)N2CCN3CCOC[C@H]3C2)c2cccnc12. The molecule has 0 bridgehead atoms. The lowest BCUT2D eigenvalue weighted by Crippen LogP contribution is -2.59. The molecule has 3 heterocycles. The zero-order chi connectivity index (χ0) is 17.2. The number of amides is 2. The van der Waals surface area contributed by atoms with E-state index >= 15 is 0 Å². The average molecular weight is 342 g/mol. The molecule has 1 aromatic carbocycles. The molecule has 7 heteroatoms. The van der Waals surface area contributed by atoms with Crippen LogP contribution in [0.25, 0.3) is 10.9 Å². The van der Waals surface area contributed by atoms with Crippen molar-refractivity contribution in [1.82, 2.24) is 14.8 Å². The zero-order valence-electron chi connectivity index (χ0n) is 14.3. The number of nitrogens with one attached hydrogen (secondary N) is 1. The van der Waals surface area contributed by atoms with E-state index in [1.54, 1.807) is 13.3 Å². The second-order valence-corrected chi connectivity index (χ2v) is 6.36. The van der Waals surface area contributed by atoms with Crippen molar-refractivity contribution in [3.8, 4) is 5.75 Å². The summed E-state index contributed by atoms with van der Waals surface area (Å²) >= 11 is 0. The Bertz CT molecular complexity index is 782. The van der Waals surface area contributed by atoms with Crippen LogP contribution in [0, 0.1) is 0 Å². The van der Waals surface area contributed by atoms with E-state index in [0.29, 0.717) is 24.9 Å². The fourth-order valence-corrected chi connectivity index (χ4v) is 3.55. The highest BCUT2D eigenvalue weighted by Crippen LogP contribution is 2.30. The first-order chi connectivity index (χ1) is 12.3. The molecular formula is C18H22N4O3. The summed E-state index contributed by atoms with van der Waals surface area (Å²) in [6.07, 6.45) is 1.72. The minimum absolute atomic E-state index is 0.0828. The maximum absolute atomic E-state index is 12.7. The van der Waals surface area contributed by atoms with E-state index in [2.05, 4.69) is 15.2 Å². The fraction of sp³-hybridized carbons (Fsp3) is 0.444. The number of nitrogens with zero attached hydrogens (tertiary/aromatic N) is 3. The van der Waals surface area contributed by atoms with Crippen LogP contribution in [-0.2, 0) is 4.74 Å². The van der Waals surface area contributed by atoms with Crippen molar-refractivity contribution < 1.29 is 14.3 Å². The van der Waals surface area contributed by atoms with Crippen LogP contribution >= 0.6 is 0 Å². The van der Waals surface area contributed by atoms with Crippen molar-refractivity contribution in [2.45, 2.75) is 6.04 Å². The number of pyridine rings is 1. The molecule has 4 rings (SSSR count). The molecule has 25 heavy (non-hydrogen) atoms. The summed E-state index contributed by atoms with van der Waals surface area (Å²) in [5.41, 5.74) is 1.49. The van der Waals surface area contributed by atoms with Crippen LogP contribution in [0.15, 0.2) is 30.5 Å². The molecule has 7 nitrogen and oxygen atoms in total. The third kappa shape index (κ3) is 3.12. The number of anilines is 1. The van der Waals surface area contributed by atoms with E-state index in [9.17, 15) is 4.79 Å². The standard InChI is InChI=1S/C18H22N4O3/c1-24-16-5-4-15(14-3-2-6-19-17(14)16)20-18(23)22-8-7-21-9-10-25-12-13(21)11-22/h2-6,13H,7-12H2,1H3,(H,20,23)/t13-/m1/s1. The number of hydrogen-bond acceptors (Lipinski definition) is 5. The third-order valence-electron chi connectivity index (χ3n) is 4.92. The van der Waals surface area contributed by atoms with Crippen LogP contribution in [0.4, 0.5) is 10.5 Å². The lowest BCUT2D eigenvalue weighted by atomic mass is 10.1. The average Bonchev–Trinajstić information content (AvgIpc) is 2.68. The van der Waals surface area contributed by atoms with E-state index in [0.717, 1.165) is 42.8 Å². The Hall–Kier alpha value is -2.38. The van der Waals surface area contributed by atoms with E-state index in [4.69, 9.17) is 9.47 Å². The second kappa shape index (κ2) is 6.85. The molecule has 0 saturated carbocycles. The fourth-order valence-electron chi connectivity index (χ4n) is 3.55. The van der Waals surface area contributed by atoms with Gasteiger partial charge in [0.15, 0.2) is 0 Å². The lowest BCUT2D eigenvalue weighted by Gasteiger charge is -2.43. The molecule has 0 spiro atoms. The number of carbonyl (C=O) groups excluding carboxylic acids is 1. The Labute approximate surface area is 146 Å². The molecule has 132 valence electrons. The summed E-state index contributed by atoms with van der Waals surface area (Å²) < 4.78 is 10.9. The molecule has 0 aliphatic carbocycles. The number of piperazine rings is 1. The van der Waals surface area contributed by atoms with Crippen molar-refractivity contribution in [2.75, 3.05) is 51.8 Å². The quantitative estimate of drug-likeness (QED) is 0.901. The number of aromatic nitrogens is 1. The Kier molecular flexibility index (Phi) is 4.42. The minimum Gasteiger partial charge on any atom is -0.494 e. The van der Waals surface area contributed by atoms with Gasteiger partial charge in [-0.15, -0.1) is 0 Å². The largest absolute Gasteiger partial charge is 0.494 e. The van der Waals surface area contributed by atoms with Gasteiger partial charge in [-0.2, -0.15) is 0 Å². The van der Waals surface area contributed by atoms with Crippen LogP contribution in [0.1, 0.15) is 0 Å². The number of urea groups is 1. The van der Waals surface area contributed by atoms with E-state index in [1.165, 1.54) is 0 Å². The van der Waals surface area contributed by atoms with Gasteiger partial charge < -0.3 is 19.7 Å². The van der Waals surface area contributed by atoms with E-state index in [1.807, 2.05) is 29.2 Å². The van der Waals surface area contributed by atoms with Gasteiger partial charge in [0.05, 0.1) is 32.1 Å². The van der Waals surface area contributed by atoms with Crippen LogP contribution in [0.5, 0.6) is 5.75 Å². The van der Waals surface area contributed by atoms with Gasteiger partial charge in [0.25, 0.3) is 0 Å². The monoisotopic (exact) mass is 342 g/mol. The van der Waals surface area contributed by atoms with Crippen LogP contribution in [0.2, 0.25) is 0 Å². The smallest absolute Gasteiger partial charge is 0.321 e. The number of carbonyl (C=O) groups is 1. The number of methoxy groups -OCH3 is 1. The summed E-state index contributed by atoms with van der Waals surface area (Å²) in [6, 6.07) is 7.70. The first kappa shape index (κ1) is 16.1. The normalized spacial score (nSPS) is 21.0. The molecule has 2 aliphatic heterocycles. The minimum atomic E-state index is -0.0828. The van der Waals surface area contributed by atoms with Crippen molar-refractivity contribution >= 4 is 22.6 Å². The number of benzene rings is 1. The zero-order valence-corrected chi connectivity index (χ0v) is 14.3. The maximum Gasteiger partial charge on any atom is 0.321 e. The lowest BCUT2D eigenvalue weighted by molar-refractivity contribution is -0.0355. The van der Waals surface area contributed by atoms with Gasteiger partial charge in [0.1, 0.15) is 11.3 Å². The molecular weight excluding hydrogens is 320 g/mol. The maximum atomic E-state index is 12.7. The molecule has 1 N–H and O–H groups in total. The van der Waals surface area contributed by atoms with Gasteiger partial charge in [-0.05, 0) is 24.3 Å². The molecule has 2 saturated heterocycles. The number of hydrogen-bond donors (Lipinski definition) is 1. The number of fused-ring (bicyclic) bond motifs is 2. The molecule has 2 amide bonds. The van der Waals surface area contributed by atoms with E-state index < -0.39 is 0 Å². The summed E-state index contributed by atoms with van der Waals surface area (Å²) in [7, 11) is 1.62. The van der Waals surface area contributed by atoms with Gasteiger partial charge in [0, 0.05) is 37.8 Å². The highest BCUT2D eigenvalue weighted by molar-refractivity contribution is 6.02. The molecule has 2 fully saturated rings. The molecule has 1 aromatic heterocycles. The van der Waals surface area contributed by atoms with Crippen molar-refractivity contribution in [1.29, 1.82) is 0 Å². The topological polar surface area (TPSA) is 66.9 Å². The highest BCUT2D eigenvalue weighted by Gasteiger charge is 2.31. The first-order valence-electron chi connectivity index (χ1n) is 8.55. The molecule has 1 atom stereocenters. The molecule has 0 radical (unpaired) electrons. The third-order valence-corrected chi connectivity index (χ3v) is 4.92. The molecule has 2 aromatic rings. The van der Waals surface area contributed by atoms with Crippen LogP contribution in [0.3, 0.4) is 0 Å². The van der Waals surface area contributed by atoms with Gasteiger partial charge in [-0.1, -0.05) is 0 Å². The van der Waals surface area contributed by atoms with Crippen molar-refractivity contribution in [2.24, 2.45) is 0 Å². The summed E-state index contributed by atoms with van der Waals surface area (Å²) in [6.45, 7) is 4.75. The van der Waals surface area contributed by atoms with Crippen molar-refractivity contribution in [3.63, 3.8) is 0 Å². The van der Waals surface area contributed by atoms with Gasteiger partial charge in [-0.25, -0.2) is 4.79 Å². The molecule has 2 aliphatic rings. The van der Waals surface area contributed by atoms with Crippen LogP contribution in [-0.4, -0.2) is 73.4 Å². The Balaban J connectivity index is 1.52. The van der Waals surface area contributed by atoms with Crippen LogP contribution < -0.4 is 10.1 Å². The number of rotatable bonds is 2. The predicted octanol–water partition coefficient (Wildman–Crippen LogP) is 1.79. The van der Waals surface area contributed by atoms with Gasteiger partial charge in [0.2, 0.25) is 0 Å². The highest BCUT2D eigenvalue weighted by atomic mass is 16.5.